The van der Waals surface area contributed by atoms with Crippen molar-refractivity contribution < 1.29 is 37.0 Å². The average Bonchev–Trinajstić information content (AvgIpc) is 2.93. The van der Waals surface area contributed by atoms with E-state index in [0.29, 0.717) is 40.6 Å². The van der Waals surface area contributed by atoms with Crippen LogP contribution in [0.5, 0.6) is 17.2 Å². The Morgan fingerprint density at radius 3 is 2.05 bits per heavy atom. The first-order valence-corrected chi connectivity index (χ1v) is 15.2. The van der Waals surface area contributed by atoms with Crippen LogP contribution in [0.25, 0.3) is 0 Å². The van der Waals surface area contributed by atoms with E-state index in [1.807, 2.05) is 0 Å². The molecule has 3 amide bonds. The van der Waals surface area contributed by atoms with E-state index in [1.54, 1.807) is 57.2 Å². The maximum atomic E-state index is 13.1. The molecule has 3 rings (SSSR count). The van der Waals surface area contributed by atoms with Gasteiger partial charge in [-0.3, -0.25) is 9.59 Å². The van der Waals surface area contributed by atoms with Gasteiger partial charge in [-0.1, -0.05) is 12.1 Å². The van der Waals surface area contributed by atoms with Crippen LogP contribution in [-0.2, 0) is 16.4 Å². The molecule has 224 valence electrons. The highest BCUT2D eigenvalue weighted by atomic mass is 32.2. The SMILES string of the molecule is CCOc1cc(S(C)(=O)=O)c(OCC)cc1CNC(=O)Nc1ccc(OCC)c(C(=O)Nc2cccc(C(C)=O)c2)c1. The summed E-state index contributed by atoms with van der Waals surface area (Å²) < 4.78 is 41.4. The molecule has 42 heavy (non-hydrogen) atoms. The molecule has 0 spiro atoms. The molecule has 0 radical (unpaired) electrons. The molecule has 0 aliphatic rings. The maximum absolute atomic E-state index is 13.1. The van der Waals surface area contributed by atoms with E-state index in [-0.39, 0.29) is 41.8 Å². The van der Waals surface area contributed by atoms with E-state index in [9.17, 15) is 22.8 Å². The number of hydrogen-bond acceptors (Lipinski definition) is 8. The molecule has 0 aliphatic heterocycles. The predicted octanol–water partition coefficient (Wildman–Crippen LogP) is 5.06. The molecule has 3 aromatic carbocycles. The van der Waals surface area contributed by atoms with E-state index in [4.69, 9.17) is 14.2 Å². The molecule has 0 atom stereocenters. The maximum Gasteiger partial charge on any atom is 0.319 e. The number of anilines is 2. The number of sulfone groups is 1. The van der Waals surface area contributed by atoms with Crippen molar-refractivity contribution in [3.8, 4) is 17.2 Å². The molecule has 0 aromatic heterocycles. The topological polar surface area (TPSA) is 149 Å². The standard InChI is InChI=1S/C30H35N3O8S/c1-6-39-25-13-12-23(16-24(25)29(35)32-22-11-9-10-20(14-22)19(4)34)33-30(36)31-18-21-15-27(41-8-3)28(42(5,37)38)17-26(21)40-7-2/h9-17H,6-8,18H2,1-5H3,(H,32,35)(H2,31,33,36). The molecular formula is C30H35N3O8S. The van der Waals surface area contributed by atoms with Gasteiger partial charge >= 0.3 is 6.03 Å². The molecule has 3 aromatic rings. The molecule has 12 heteroatoms. The van der Waals surface area contributed by atoms with Crippen LogP contribution in [-0.4, -0.2) is 52.2 Å². The summed E-state index contributed by atoms with van der Waals surface area (Å²) in [4.78, 5) is 37.7. The summed E-state index contributed by atoms with van der Waals surface area (Å²) in [6.45, 7) is 7.58. The number of nitrogens with one attached hydrogen (secondary N) is 3. The van der Waals surface area contributed by atoms with Gasteiger partial charge in [0.15, 0.2) is 15.6 Å². The highest BCUT2D eigenvalue weighted by Crippen LogP contribution is 2.33. The third kappa shape index (κ3) is 8.46. The van der Waals surface area contributed by atoms with Crippen LogP contribution >= 0.6 is 0 Å². The number of rotatable bonds is 13. The van der Waals surface area contributed by atoms with Crippen molar-refractivity contribution in [2.24, 2.45) is 0 Å². The quantitative estimate of drug-likeness (QED) is 0.232. The molecular weight excluding hydrogens is 562 g/mol. The van der Waals surface area contributed by atoms with Crippen molar-refractivity contribution in [1.82, 2.24) is 5.32 Å². The number of carbonyl (C=O) groups excluding carboxylic acids is 3. The summed E-state index contributed by atoms with van der Waals surface area (Å²) in [6.07, 6.45) is 1.08. The number of ketones is 1. The van der Waals surface area contributed by atoms with Crippen molar-refractivity contribution in [3.63, 3.8) is 0 Å². The zero-order chi connectivity index (χ0) is 30.9. The van der Waals surface area contributed by atoms with E-state index >= 15 is 0 Å². The Morgan fingerprint density at radius 1 is 0.762 bits per heavy atom. The first kappa shape index (κ1) is 31.9. The normalized spacial score (nSPS) is 10.9. The Morgan fingerprint density at radius 2 is 1.40 bits per heavy atom. The van der Waals surface area contributed by atoms with Gasteiger partial charge in [0.25, 0.3) is 5.91 Å². The molecule has 11 nitrogen and oxygen atoms in total. The van der Waals surface area contributed by atoms with E-state index < -0.39 is 21.8 Å². The zero-order valence-corrected chi connectivity index (χ0v) is 25.0. The molecule has 0 saturated carbocycles. The number of hydrogen-bond donors (Lipinski definition) is 3. The Bertz CT molecular complexity index is 1570. The van der Waals surface area contributed by atoms with Gasteiger partial charge in [-0.25, -0.2) is 13.2 Å². The minimum Gasteiger partial charge on any atom is -0.493 e. The Kier molecular flexibility index (Phi) is 10.9. The molecule has 0 heterocycles. The van der Waals surface area contributed by atoms with Crippen molar-refractivity contribution in [2.75, 3.05) is 36.7 Å². The van der Waals surface area contributed by atoms with Crippen LogP contribution in [0.4, 0.5) is 16.2 Å². The van der Waals surface area contributed by atoms with E-state index in [1.165, 1.54) is 25.1 Å². The number of urea groups is 1. The molecule has 0 unspecified atom stereocenters. The lowest BCUT2D eigenvalue weighted by atomic mass is 10.1. The lowest BCUT2D eigenvalue weighted by Gasteiger charge is -2.17. The first-order valence-electron chi connectivity index (χ1n) is 13.3. The summed E-state index contributed by atoms with van der Waals surface area (Å²) in [5.41, 5.74) is 1.91. The number of carbonyl (C=O) groups is 3. The van der Waals surface area contributed by atoms with Gasteiger partial charge in [0.1, 0.15) is 22.1 Å². The lowest BCUT2D eigenvalue weighted by molar-refractivity contribution is 0.100. The van der Waals surface area contributed by atoms with Gasteiger partial charge in [-0.2, -0.15) is 0 Å². The number of amides is 3. The Balaban J connectivity index is 1.80. The monoisotopic (exact) mass is 597 g/mol. The van der Waals surface area contributed by atoms with Crippen LogP contribution in [0.15, 0.2) is 59.5 Å². The minimum absolute atomic E-state index is 0.00213. The summed E-state index contributed by atoms with van der Waals surface area (Å²) >= 11 is 0. The Hall–Kier alpha value is -4.58. The fraction of sp³-hybridized carbons (Fsp3) is 0.300. The predicted molar refractivity (Wildman–Crippen MR) is 160 cm³/mol. The van der Waals surface area contributed by atoms with Gasteiger partial charge in [0.05, 0.1) is 25.4 Å². The second kappa shape index (κ2) is 14.4. The highest BCUT2D eigenvalue weighted by Gasteiger charge is 2.20. The van der Waals surface area contributed by atoms with Crippen molar-refractivity contribution in [3.05, 3.63) is 71.3 Å². The molecule has 0 saturated heterocycles. The zero-order valence-electron chi connectivity index (χ0n) is 24.2. The van der Waals surface area contributed by atoms with Crippen molar-refractivity contribution >= 4 is 38.9 Å². The summed E-state index contributed by atoms with van der Waals surface area (Å²) in [5, 5.41) is 8.17. The third-order valence-electron chi connectivity index (χ3n) is 5.87. The van der Waals surface area contributed by atoms with Gasteiger partial charge in [0.2, 0.25) is 0 Å². The van der Waals surface area contributed by atoms with Gasteiger partial charge in [-0.05, 0) is 64.1 Å². The van der Waals surface area contributed by atoms with Gasteiger partial charge in [-0.15, -0.1) is 0 Å². The summed E-state index contributed by atoms with van der Waals surface area (Å²) in [5.74, 6) is 0.165. The highest BCUT2D eigenvalue weighted by molar-refractivity contribution is 7.90. The van der Waals surface area contributed by atoms with Crippen LogP contribution in [0.1, 0.15) is 54.0 Å². The molecule has 3 N–H and O–H groups in total. The number of benzene rings is 3. The van der Waals surface area contributed by atoms with Crippen LogP contribution < -0.4 is 30.2 Å². The van der Waals surface area contributed by atoms with Crippen LogP contribution in [0.2, 0.25) is 0 Å². The van der Waals surface area contributed by atoms with Crippen LogP contribution in [0.3, 0.4) is 0 Å². The fourth-order valence-electron chi connectivity index (χ4n) is 4.00. The second-order valence-electron chi connectivity index (χ2n) is 9.09. The summed E-state index contributed by atoms with van der Waals surface area (Å²) in [7, 11) is -3.59. The summed E-state index contributed by atoms with van der Waals surface area (Å²) in [6, 6.07) is 13.6. The third-order valence-corrected chi connectivity index (χ3v) is 6.99. The van der Waals surface area contributed by atoms with Crippen LogP contribution in [0, 0.1) is 0 Å². The van der Waals surface area contributed by atoms with Crippen molar-refractivity contribution in [1.29, 1.82) is 0 Å². The van der Waals surface area contributed by atoms with E-state index in [2.05, 4.69) is 16.0 Å². The smallest absolute Gasteiger partial charge is 0.319 e. The first-order chi connectivity index (χ1) is 20.0. The molecule has 0 aliphatic carbocycles. The largest absolute Gasteiger partial charge is 0.493 e. The second-order valence-corrected chi connectivity index (χ2v) is 11.1. The van der Waals surface area contributed by atoms with E-state index in [0.717, 1.165) is 6.26 Å². The Labute approximate surface area is 245 Å². The van der Waals surface area contributed by atoms with Gasteiger partial charge in [0, 0.05) is 41.4 Å². The van der Waals surface area contributed by atoms with Gasteiger partial charge < -0.3 is 30.2 Å². The minimum atomic E-state index is -3.59. The number of Topliss-reactive ketones (excluding diaryl/α,β-unsaturated/α-hetero) is 1. The average molecular weight is 598 g/mol. The molecule has 0 fully saturated rings. The molecule has 0 bridgehead atoms. The fourth-order valence-corrected chi connectivity index (χ4v) is 4.81. The number of ether oxygens (including phenoxy) is 3. The lowest BCUT2D eigenvalue weighted by Crippen LogP contribution is -2.28. The van der Waals surface area contributed by atoms with Crippen molar-refractivity contribution in [2.45, 2.75) is 39.1 Å².